The Kier molecular flexibility index (Phi) is 6.36. The van der Waals surface area contributed by atoms with Crippen LogP contribution in [0, 0.1) is 0 Å². The average Bonchev–Trinajstić information content (AvgIpc) is 2.61. The summed E-state index contributed by atoms with van der Waals surface area (Å²) in [4.78, 5) is 35.1. The van der Waals surface area contributed by atoms with Crippen LogP contribution < -0.4 is 16.4 Å². The van der Waals surface area contributed by atoms with Crippen LogP contribution in [0.4, 0.5) is 10.5 Å². The third-order valence-electron chi connectivity index (χ3n) is 3.12. The van der Waals surface area contributed by atoms with E-state index in [0.29, 0.717) is 5.02 Å². The number of nitrogens with two attached hydrogens (primary N) is 1. The van der Waals surface area contributed by atoms with Gasteiger partial charge in [0.1, 0.15) is 0 Å². The normalized spacial score (nSPS) is 9.96. The highest BCUT2D eigenvalue weighted by Crippen LogP contribution is 2.18. The first kappa shape index (κ1) is 18.3. The van der Waals surface area contributed by atoms with E-state index in [9.17, 15) is 14.4 Å². The number of nitrogen functional groups attached to an aromatic ring is 1. The molecule has 2 rings (SSSR count). The zero-order valence-corrected chi connectivity index (χ0v) is 13.9. The van der Waals surface area contributed by atoms with Crippen LogP contribution in [0.1, 0.15) is 15.9 Å². The fourth-order valence-electron chi connectivity index (χ4n) is 1.90. The second kappa shape index (κ2) is 8.70. The van der Waals surface area contributed by atoms with Crippen LogP contribution in [0.2, 0.25) is 5.02 Å². The summed E-state index contributed by atoms with van der Waals surface area (Å²) in [7, 11) is 0. The van der Waals surface area contributed by atoms with Crippen molar-refractivity contribution in [2.45, 2.75) is 6.54 Å². The molecule has 130 valence electrons. The molecule has 0 aliphatic rings. The second-order valence-corrected chi connectivity index (χ2v) is 5.46. The van der Waals surface area contributed by atoms with Gasteiger partial charge in [-0.25, -0.2) is 9.59 Å². The molecule has 0 fully saturated rings. The van der Waals surface area contributed by atoms with Crippen molar-refractivity contribution >= 4 is 35.2 Å². The van der Waals surface area contributed by atoms with Gasteiger partial charge in [-0.1, -0.05) is 41.9 Å². The summed E-state index contributed by atoms with van der Waals surface area (Å²) in [6, 6.07) is 12.8. The van der Waals surface area contributed by atoms with E-state index in [1.807, 2.05) is 30.3 Å². The van der Waals surface area contributed by atoms with Gasteiger partial charge in [0.2, 0.25) is 0 Å². The van der Waals surface area contributed by atoms with Crippen LogP contribution in [0.5, 0.6) is 0 Å². The number of urea groups is 1. The predicted molar refractivity (Wildman–Crippen MR) is 93.0 cm³/mol. The van der Waals surface area contributed by atoms with Gasteiger partial charge in [0, 0.05) is 17.3 Å². The summed E-state index contributed by atoms with van der Waals surface area (Å²) in [5.74, 6) is -1.57. The lowest BCUT2D eigenvalue weighted by molar-refractivity contribution is -0.123. The van der Waals surface area contributed by atoms with Crippen molar-refractivity contribution in [2.75, 3.05) is 12.3 Å². The van der Waals surface area contributed by atoms with Gasteiger partial charge in [0.25, 0.3) is 5.91 Å². The molecule has 3 amide bonds. The lowest BCUT2D eigenvalue weighted by Gasteiger charge is -2.09. The molecule has 0 atom stereocenters. The predicted octanol–water partition coefficient (Wildman–Crippen LogP) is 2.10. The van der Waals surface area contributed by atoms with Gasteiger partial charge < -0.3 is 15.8 Å². The van der Waals surface area contributed by atoms with Crippen molar-refractivity contribution in [3.05, 3.63) is 64.7 Å². The molecule has 0 aliphatic heterocycles. The standard InChI is InChI=1S/C17H16ClN3O4/c18-12-6-7-14(19)13(8-12)16(23)25-10-15(22)21-17(24)20-9-11-4-2-1-3-5-11/h1-8H,9-10,19H2,(H2,20,21,22,24). The van der Waals surface area contributed by atoms with Crippen LogP contribution >= 0.6 is 11.6 Å². The first-order valence-electron chi connectivity index (χ1n) is 7.29. The Morgan fingerprint density at radius 3 is 2.52 bits per heavy atom. The first-order valence-corrected chi connectivity index (χ1v) is 7.67. The van der Waals surface area contributed by atoms with E-state index < -0.39 is 24.5 Å². The highest BCUT2D eigenvalue weighted by molar-refractivity contribution is 6.31. The minimum atomic E-state index is -0.806. The first-order chi connectivity index (χ1) is 12.0. The minimum absolute atomic E-state index is 0.0498. The maximum Gasteiger partial charge on any atom is 0.340 e. The van der Waals surface area contributed by atoms with E-state index in [4.69, 9.17) is 22.1 Å². The Morgan fingerprint density at radius 2 is 1.80 bits per heavy atom. The molecule has 0 bridgehead atoms. The fourth-order valence-corrected chi connectivity index (χ4v) is 2.07. The number of carbonyl (C=O) groups excluding carboxylic acids is 3. The highest BCUT2D eigenvalue weighted by Gasteiger charge is 2.15. The number of halogens is 1. The topological polar surface area (TPSA) is 111 Å². The maximum atomic E-state index is 11.9. The molecule has 8 heteroatoms. The third-order valence-corrected chi connectivity index (χ3v) is 3.35. The number of esters is 1. The lowest BCUT2D eigenvalue weighted by Crippen LogP contribution is -2.41. The number of nitrogens with one attached hydrogen (secondary N) is 2. The molecule has 0 saturated carbocycles. The van der Waals surface area contributed by atoms with Crippen LogP contribution in [-0.4, -0.2) is 24.5 Å². The zero-order valence-electron chi connectivity index (χ0n) is 13.1. The van der Waals surface area contributed by atoms with Gasteiger partial charge in [0.05, 0.1) is 5.56 Å². The largest absolute Gasteiger partial charge is 0.452 e. The van der Waals surface area contributed by atoms with E-state index in [1.54, 1.807) is 0 Å². The van der Waals surface area contributed by atoms with Crippen LogP contribution in [0.3, 0.4) is 0 Å². The molecule has 4 N–H and O–H groups in total. The number of rotatable bonds is 5. The molecule has 0 radical (unpaired) electrons. The number of benzene rings is 2. The Labute approximate surface area is 149 Å². The van der Waals surface area contributed by atoms with Gasteiger partial charge in [-0.3, -0.25) is 10.1 Å². The fraction of sp³-hybridized carbons (Fsp3) is 0.118. The van der Waals surface area contributed by atoms with Crippen molar-refractivity contribution in [3.8, 4) is 0 Å². The number of hydrogen-bond acceptors (Lipinski definition) is 5. The van der Waals surface area contributed by atoms with Crippen molar-refractivity contribution in [1.29, 1.82) is 0 Å². The van der Waals surface area contributed by atoms with E-state index in [2.05, 4.69) is 10.6 Å². The SMILES string of the molecule is Nc1ccc(Cl)cc1C(=O)OCC(=O)NC(=O)NCc1ccccc1. The van der Waals surface area contributed by atoms with Gasteiger partial charge in [0.15, 0.2) is 6.61 Å². The van der Waals surface area contributed by atoms with Gasteiger partial charge in [-0.2, -0.15) is 0 Å². The molecule has 2 aromatic carbocycles. The number of imide groups is 1. The van der Waals surface area contributed by atoms with Crippen molar-refractivity contribution in [3.63, 3.8) is 0 Å². The number of carbonyl (C=O) groups is 3. The zero-order chi connectivity index (χ0) is 18.2. The number of amides is 3. The van der Waals surface area contributed by atoms with Gasteiger partial charge in [-0.15, -0.1) is 0 Å². The van der Waals surface area contributed by atoms with Crippen LogP contribution in [0.25, 0.3) is 0 Å². The summed E-state index contributed by atoms with van der Waals surface area (Å²) in [6.45, 7) is -0.359. The summed E-state index contributed by atoms with van der Waals surface area (Å²) in [5.41, 5.74) is 6.76. The van der Waals surface area contributed by atoms with Crippen molar-refractivity contribution < 1.29 is 19.1 Å². The Hall–Kier alpha value is -3.06. The Bertz CT molecular complexity index is 781. The van der Waals surface area contributed by atoms with Crippen molar-refractivity contribution in [2.24, 2.45) is 0 Å². The molecule has 25 heavy (non-hydrogen) atoms. The number of ether oxygens (including phenoxy) is 1. The number of anilines is 1. The average molecular weight is 362 g/mol. The van der Waals surface area contributed by atoms with Crippen LogP contribution in [-0.2, 0) is 16.1 Å². The molecule has 0 spiro atoms. The summed E-state index contributed by atoms with van der Waals surface area (Å²) >= 11 is 5.78. The van der Waals surface area contributed by atoms with Crippen molar-refractivity contribution in [1.82, 2.24) is 10.6 Å². The molecular weight excluding hydrogens is 346 g/mol. The van der Waals surface area contributed by atoms with E-state index in [1.165, 1.54) is 18.2 Å². The summed E-state index contributed by atoms with van der Waals surface area (Å²) in [6.07, 6.45) is 0. The minimum Gasteiger partial charge on any atom is -0.452 e. The molecule has 0 saturated heterocycles. The molecule has 0 unspecified atom stereocenters. The molecule has 0 aromatic heterocycles. The van der Waals surface area contributed by atoms with Crippen LogP contribution in [0.15, 0.2) is 48.5 Å². The molecule has 0 heterocycles. The maximum absolute atomic E-state index is 11.9. The summed E-state index contributed by atoms with van der Waals surface area (Å²) < 4.78 is 4.82. The summed E-state index contributed by atoms with van der Waals surface area (Å²) in [5, 5.41) is 4.89. The molecular formula is C17H16ClN3O4. The number of hydrogen-bond donors (Lipinski definition) is 3. The van der Waals surface area contributed by atoms with E-state index in [0.717, 1.165) is 5.56 Å². The Balaban J connectivity index is 1.77. The smallest absolute Gasteiger partial charge is 0.340 e. The van der Waals surface area contributed by atoms with E-state index in [-0.39, 0.29) is 17.8 Å². The molecule has 2 aromatic rings. The van der Waals surface area contributed by atoms with E-state index >= 15 is 0 Å². The van der Waals surface area contributed by atoms with Gasteiger partial charge in [-0.05, 0) is 23.8 Å². The third kappa shape index (κ3) is 5.82. The quantitative estimate of drug-likeness (QED) is 0.558. The molecule has 7 nitrogen and oxygen atoms in total. The monoisotopic (exact) mass is 361 g/mol. The highest BCUT2D eigenvalue weighted by atomic mass is 35.5. The lowest BCUT2D eigenvalue weighted by atomic mass is 10.2. The second-order valence-electron chi connectivity index (χ2n) is 5.02. The van der Waals surface area contributed by atoms with Gasteiger partial charge >= 0.3 is 12.0 Å². The Morgan fingerprint density at radius 1 is 1.08 bits per heavy atom. The molecule has 0 aliphatic carbocycles.